The number of nitrogens with zero attached hydrogens (tertiary/aromatic N) is 3. The fraction of sp³-hybridized carbons (Fsp3) is 0.375. The Morgan fingerprint density at radius 2 is 1.39 bits per heavy atom. The predicted molar refractivity (Wildman–Crippen MR) is 281 cm³/mol. The first-order chi connectivity index (χ1) is 37.8. The number of carbonyl (C=O) groups is 7. The van der Waals surface area contributed by atoms with Gasteiger partial charge in [-0.25, -0.2) is 24.4 Å². The molecule has 1 fully saturated rings. The minimum absolute atomic E-state index is 0.0417. The number of methoxy groups -OCH3 is 1. The number of benzene rings is 4. The largest absolute Gasteiger partial charge is 0.467 e. The molecule has 0 unspecified atom stereocenters. The minimum Gasteiger partial charge on any atom is -0.467 e. The summed E-state index contributed by atoms with van der Waals surface area (Å²) in [7, 11) is 1.04. The van der Waals surface area contributed by atoms with Crippen molar-refractivity contribution in [3.63, 3.8) is 0 Å². The molecule has 5 atom stereocenters. The molecule has 0 saturated carbocycles. The first-order valence-electron chi connectivity index (χ1n) is 25.3. The average Bonchev–Trinajstić information content (AvgIpc) is 4.21. The fourth-order valence-corrected chi connectivity index (χ4v) is 9.42. The molecular weight excluding hydrogens is 1030 g/mol. The molecule has 23 heteroatoms. The Morgan fingerprint density at radius 1 is 0.747 bits per heavy atom. The maximum absolute atomic E-state index is 13.8. The summed E-state index contributed by atoms with van der Waals surface area (Å²) in [5.74, 6) is -4.27. The fourth-order valence-electron chi connectivity index (χ4n) is 9.42. The number of rotatable bonds is 20. The van der Waals surface area contributed by atoms with E-state index in [-0.39, 0.29) is 55.9 Å². The number of anilines is 2. The summed E-state index contributed by atoms with van der Waals surface area (Å²) >= 11 is 0. The zero-order valence-electron chi connectivity index (χ0n) is 44.4. The van der Waals surface area contributed by atoms with E-state index in [2.05, 4.69) is 16.0 Å². The van der Waals surface area contributed by atoms with Crippen LogP contribution in [0.5, 0.6) is 5.75 Å². The normalized spacial score (nSPS) is 17.6. The highest BCUT2D eigenvalue weighted by Crippen LogP contribution is 2.44. The topological polar surface area (TPSA) is 290 Å². The van der Waals surface area contributed by atoms with E-state index < -0.39 is 84.9 Å². The molecule has 0 radical (unpaired) electrons. The second kappa shape index (κ2) is 24.8. The van der Waals surface area contributed by atoms with Crippen LogP contribution in [0, 0.1) is 0 Å². The van der Waals surface area contributed by atoms with Crippen molar-refractivity contribution in [1.82, 2.24) is 19.9 Å². The van der Waals surface area contributed by atoms with Crippen molar-refractivity contribution in [1.29, 1.82) is 0 Å². The number of para-hydroxylation sites is 1. The molecule has 0 spiro atoms. The summed E-state index contributed by atoms with van der Waals surface area (Å²) in [4.78, 5) is 101. The number of imidazole rings is 1. The van der Waals surface area contributed by atoms with Gasteiger partial charge in [0.15, 0.2) is 24.1 Å². The second-order valence-corrected chi connectivity index (χ2v) is 19.1. The number of carbonyl (C=O) groups excluding carboxylic acids is 7. The van der Waals surface area contributed by atoms with Crippen LogP contribution in [0.3, 0.4) is 0 Å². The molecule has 79 heavy (non-hydrogen) atoms. The minimum atomic E-state index is -1.81. The first kappa shape index (κ1) is 56.5. The van der Waals surface area contributed by atoms with E-state index in [1.165, 1.54) is 18.2 Å². The lowest BCUT2D eigenvalue weighted by Crippen LogP contribution is -2.64. The van der Waals surface area contributed by atoms with Crippen LogP contribution in [0.25, 0.3) is 33.1 Å². The number of aromatic nitrogens is 3. The summed E-state index contributed by atoms with van der Waals surface area (Å²) in [6.45, 7) is 8.40. The average molecular weight is 1090 g/mol. The van der Waals surface area contributed by atoms with Crippen LogP contribution >= 0.6 is 0 Å². The third-order valence-electron chi connectivity index (χ3n) is 12.6. The van der Waals surface area contributed by atoms with Gasteiger partial charge in [-0.3, -0.25) is 24.5 Å². The maximum Gasteiger partial charge on any atom is 0.413 e. The van der Waals surface area contributed by atoms with Gasteiger partial charge in [0.05, 0.1) is 36.0 Å². The molecule has 4 aromatic carbocycles. The summed E-state index contributed by atoms with van der Waals surface area (Å²) in [6, 6.07) is 27.2. The Labute approximate surface area is 453 Å². The molecule has 23 nitrogen and oxygen atoms in total. The van der Waals surface area contributed by atoms with Crippen LogP contribution in [0.15, 0.2) is 91.0 Å². The Kier molecular flexibility index (Phi) is 17.7. The van der Waals surface area contributed by atoms with Crippen molar-refractivity contribution < 1.29 is 81.3 Å². The molecule has 2 aliphatic rings. The first-order valence-corrected chi connectivity index (χ1v) is 25.3. The number of pyridine rings is 1. The number of aliphatic hydroxyl groups is 1. The summed E-state index contributed by atoms with van der Waals surface area (Å²) in [5.41, 5.74) is 4.65. The van der Waals surface area contributed by atoms with Crippen LogP contribution in [0.4, 0.5) is 21.1 Å². The van der Waals surface area contributed by atoms with Gasteiger partial charge in [-0.05, 0) is 66.8 Å². The Morgan fingerprint density at radius 3 is 2.05 bits per heavy atom. The molecule has 4 N–H and O–H groups in total. The lowest BCUT2D eigenvalue weighted by Gasteiger charge is -2.43. The number of fused-ring (bicyclic) bond motifs is 6. The van der Waals surface area contributed by atoms with E-state index in [0.717, 1.165) is 50.1 Å². The molecule has 6 aromatic rings. The van der Waals surface area contributed by atoms with Crippen LogP contribution in [0.2, 0.25) is 0 Å². The summed E-state index contributed by atoms with van der Waals surface area (Å²) in [5, 5.41) is 19.7. The molecule has 0 bridgehead atoms. The van der Waals surface area contributed by atoms with Gasteiger partial charge in [0.1, 0.15) is 36.9 Å². The Balaban J connectivity index is 1.03. The van der Waals surface area contributed by atoms with E-state index in [4.69, 9.17) is 52.6 Å². The lowest BCUT2D eigenvalue weighted by atomic mass is 9.97. The molecule has 1 aliphatic carbocycles. The number of hydrogen-bond donors (Lipinski definition) is 4. The van der Waals surface area contributed by atoms with E-state index in [1.807, 2.05) is 72.2 Å². The van der Waals surface area contributed by atoms with Crippen LogP contribution < -0.4 is 20.7 Å². The van der Waals surface area contributed by atoms with Gasteiger partial charge < -0.3 is 62.9 Å². The van der Waals surface area contributed by atoms with Crippen molar-refractivity contribution in [2.45, 2.75) is 110 Å². The molecule has 3 amide bonds. The highest BCUT2D eigenvalue weighted by atomic mass is 16.7. The standard InChI is InChI=1S/C56H60N6O17/c1-8-72-28-43-60-45-46(62(43)29-56(5,6)70)38-19-13-14-20-40(38)59-51(45)61-55(69)73-26-33-21-22-42(78-53-50(77-32(4)65)48(76-31(3)64)47(75-30(2)63)49(79-53)52(67)71-7)41(25-33)58-44(66)23-24-57-54(68)74-27-39-36-17-11-9-15-34(36)35-16-10-12-18-37(35)39/h9-22,25,39,47-50,53,70H,8,23-24,26-29H2,1-7H3,(H,57,68)(H,58,66)(H,59,61,69)/t47-,48-,49-,50+,53+/m0/s1. The highest BCUT2D eigenvalue weighted by Gasteiger charge is 2.56. The quantitative estimate of drug-likeness (QED) is 0.0464. The molecule has 416 valence electrons. The van der Waals surface area contributed by atoms with Crippen molar-refractivity contribution in [2.24, 2.45) is 0 Å². The van der Waals surface area contributed by atoms with Crippen LogP contribution in [-0.4, -0.2) is 125 Å². The van der Waals surface area contributed by atoms with Gasteiger partial charge in [0, 0.05) is 51.6 Å². The molecule has 3 heterocycles. The molecule has 1 saturated heterocycles. The number of alkyl carbamates (subject to hydrolysis) is 1. The third kappa shape index (κ3) is 13.5. The highest BCUT2D eigenvalue weighted by molar-refractivity contribution is 6.09. The second-order valence-electron chi connectivity index (χ2n) is 19.1. The summed E-state index contributed by atoms with van der Waals surface area (Å²) in [6.07, 6.45) is -10.7. The van der Waals surface area contributed by atoms with Crippen molar-refractivity contribution >= 4 is 75.4 Å². The lowest BCUT2D eigenvalue weighted by molar-refractivity contribution is -0.282. The Hall–Kier alpha value is -8.67. The zero-order valence-corrected chi connectivity index (χ0v) is 44.4. The molecule has 8 rings (SSSR count). The Bertz CT molecular complexity index is 3240. The van der Waals surface area contributed by atoms with Crippen molar-refractivity contribution in [3.8, 4) is 16.9 Å². The van der Waals surface area contributed by atoms with Crippen molar-refractivity contribution in [3.05, 3.63) is 114 Å². The van der Waals surface area contributed by atoms with E-state index in [0.29, 0.717) is 39.9 Å². The van der Waals surface area contributed by atoms with Crippen molar-refractivity contribution in [2.75, 3.05) is 37.5 Å². The van der Waals surface area contributed by atoms with Gasteiger partial charge in [-0.2, -0.15) is 0 Å². The van der Waals surface area contributed by atoms with Gasteiger partial charge in [0.2, 0.25) is 18.3 Å². The number of hydrogen-bond acceptors (Lipinski definition) is 19. The van der Waals surface area contributed by atoms with E-state index >= 15 is 0 Å². The third-order valence-corrected chi connectivity index (χ3v) is 12.6. The summed E-state index contributed by atoms with van der Waals surface area (Å²) < 4.78 is 52.5. The monoisotopic (exact) mass is 1090 g/mol. The number of ether oxygens (including phenoxy) is 9. The smallest absolute Gasteiger partial charge is 0.413 e. The molecule has 1 aliphatic heterocycles. The number of amides is 3. The van der Waals surface area contributed by atoms with Gasteiger partial charge in [0.25, 0.3) is 0 Å². The van der Waals surface area contributed by atoms with Gasteiger partial charge >= 0.3 is 36.1 Å². The van der Waals surface area contributed by atoms with Crippen LogP contribution in [-0.2, 0) is 81.6 Å². The zero-order chi connectivity index (χ0) is 56.5. The van der Waals surface area contributed by atoms with E-state index in [9.17, 15) is 38.7 Å². The molecule has 2 aromatic heterocycles. The maximum atomic E-state index is 13.8. The number of esters is 4. The SMILES string of the molecule is CCOCc1nc2c(NC(=O)OCc3ccc(O[C@@H]4O[C@H](C(=O)OC)[C@@H](OC(C)=O)[C@H](OC(C)=O)[C@H]4OC(C)=O)c(NC(=O)CCNC(=O)OCC4c5ccccc5-c5ccccc54)c3)nc3ccccc3c2n1CC(C)(C)O. The van der Waals surface area contributed by atoms with Gasteiger partial charge in [-0.15, -0.1) is 0 Å². The predicted octanol–water partition coefficient (Wildman–Crippen LogP) is 6.58. The van der Waals surface area contributed by atoms with Crippen LogP contribution in [0.1, 0.15) is 76.4 Å². The van der Waals surface area contributed by atoms with E-state index in [1.54, 1.807) is 26.0 Å². The van der Waals surface area contributed by atoms with Gasteiger partial charge in [-0.1, -0.05) is 72.8 Å². The molecular formula is C56H60N6O17. The number of nitrogens with one attached hydrogen (secondary N) is 3.